The summed E-state index contributed by atoms with van der Waals surface area (Å²) >= 11 is 0. The average Bonchev–Trinajstić information content (AvgIpc) is 3.33. The third-order valence-corrected chi connectivity index (χ3v) is 6.61. The molecule has 8 heteroatoms. The molecule has 0 saturated carbocycles. The summed E-state index contributed by atoms with van der Waals surface area (Å²) in [7, 11) is 0. The van der Waals surface area contributed by atoms with E-state index in [4.69, 9.17) is 15.1 Å². The molecule has 3 aromatic heterocycles. The molecule has 1 aromatic carbocycles. The third-order valence-electron chi connectivity index (χ3n) is 6.61. The Bertz CT molecular complexity index is 1310. The predicted molar refractivity (Wildman–Crippen MR) is 124 cm³/mol. The molecule has 3 heterocycles. The van der Waals surface area contributed by atoms with E-state index in [0.717, 1.165) is 60.2 Å². The number of nitrogens with one attached hydrogen (secondary N) is 1. The molecule has 0 radical (unpaired) electrons. The number of hydrogen-bond acceptors (Lipinski definition) is 5. The number of aromatic nitrogens is 6. The molecule has 1 unspecified atom stereocenters. The quantitative estimate of drug-likeness (QED) is 0.441. The van der Waals surface area contributed by atoms with Crippen molar-refractivity contribution >= 4 is 5.78 Å². The monoisotopic (exact) mass is 446 g/mol. The van der Waals surface area contributed by atoms with Crippen LogP contribution in [0.25, 0.3) is 17.2 Å². The van der Waals surface area contributed by atoms with Crippen molar-refractivity contribution in [3.63, 3.8) is 0 Å². The van der Waals surface area contributed by atoms with Gasteiger partial charge in [-0.15, -0.1) is 5.10 Å². The van der Waals surface area contributed by atoms with Crippen LogP contribution in [-0.2, 0) is 12.8 Å². The minimum Gasteiger partial charge on any atom is -0.304 e. The van der Waals surface area contributed by atoms with E-state index in [1.54, 1.807) is 16.6 Å². The molecule has 0 bridgehead atoms. The lowest BCUT2D eigenvalue weighted by Gasteiger charge is -2.19. The summed E-state index contributed by atoms with van der Waals surface area (Å²) in [6, 6.07) is 8.69. The summed E-state index contributed by atoms with van der Waals surface area (Å²) in [6.07, 6.45) is 1.54. The number of nitrogens with zero attached hydrogens (tertiary/aromatic N) is 6. The van der Waals surface area contributed by atoms with Crippen molar-refractivity contribution in [3.8, 4) is 11.4 Å². The van der Waals surface area contributed by atoms with Gasteiger partial charge in [-0.05, 0) is 61.3 Å². The Kier molecular flexibility index (Phi) is 5.62. The maximum absolute atomic E-state index is 13.3. The van der Waals surface area contributed by atoms with Crippen LogP contribution >= 0.6 is 0 Å². The molecule has 0 saturated heterocycles. The van der Waals surface area contributed by atoms with Crippen LogP contribution in [0.4, 0.5) is 4.39 Å². The van der Waals surface area contributed by atoms with Crippen LogP contribution in [0.3, 0.4) is 0 Å². The molecule has 1 N–H and O–H groups in total. The van der Waals surface area contributed by atoms with E-state index in [1.807, 2.05) is 6.92 Å². The van der Waals surface area contributed by atoms with Gasteiger partial charge in [0.05, 0.1) is 6.42 Å². The molecular weight excluding hydrogens is 417 g/mol. The largest absolute Gasteiger partial charge is 0.438 e. The summed E-state index contributed by atoms with van der Waals surface area (Å²) in [6.45, 7) is 11.7. The second-order valence-electron chi connectivity index (χ2n) is 8.71. The van der Waals surface area contributed by atoms with Crippen molar-refractivity contribution in [2.24, 2.45) is 0 Å². The first-order valence-corrected chi connectivity index (χ1v) is 11.6. The Morgan fingerprint density at radius 2 is 1.85 bits per heavy atom. The summed E-state index contributed by atoms with van der Waals surface area (Å²) in [4.78, 5) is 12.2. The Morgan fingerprint density at radius 3 is 2.58 bits per heavy atom. The van der Waals surface area contributed by atoms with Gasteiger partial charge in [0.2, 0.25) is 5.82 Å². The molecule has 170 valence electrons. The van der Waals surface area contributed by atoms with Gasteiger partial charge < -0.3 is 4.90 Å². The first-order valence-electron chi connectivity index (χ1n) is 11.6. The fourth-order valence-corrected chi connectivity index (χ4v) is 4.77. The topological polar surface area (TPSA) is 74.7 Å². The number of benzene rings is 1. The lowest BCUT2D eigenvalue weighted by molar-refractivity contribution is -0.592. The number of aromatic amines is 1. The molecular formula is C25H29FN7+. The number of H-pyrrole nitrogens is 1. The standard InChI is InChI=1S/C25H28FN7/c1-5-32(6-2)12-11-18-13-15(3)27-23-21(18)16(4)22-24(23)28-25-30-29-20(33(25)31-22)14-17-7-9-19(26)10-8-17/h7-10,13,16H,5-6,11-12,14H2,1-4H3/p+1. The highest BCUT2D eigenvalue weighted by Gasteiger charge is 2.36. The zero-order chi connectivity index (χ0) is 23.1. The van der Waals surface area contributed by atoms with Gasteiger partial charge in [0.15, 0.2) is 5.69 Å². The molecule has 0 aliphatic heterocycles. The van der Waals surface area contributed by atoms with E-state index in [-0.39, 0.29) is 11.7 Å². The van der Waals surface area contributed by atoms with Gasteiger partial charge in [-0.25, -0.2) is 9.37 Å². The summed E-state index contributed by atoms with van der Waals surface area (Å²) in [5.41, 5.74) is 7.22. The van der Waals surface area contributed by atoms with Gasteiger partial charge in [-0.1, -0.05) is 42.4 Å². The van der Waals surface area contributed by atoms with Gasteiger partial charge in [0.25, 0.3) is 0 Å². The normalized spacial score (nSPS) is 14.8. The van der Waals surface area contributed by atoms with Gasteiger partial charge in [0.1, 0.15) is 17.2 Å². The van der Waals surface area contributed by atoms with E-state index in [2.05, 4.69) is 41.9 Å². The van der Waals surface area contributed by atoms with E-state index in [9.17, 15) is 4.39 Å². The summed E-state index contributed by atoms with van der Waals surface area (Å²) < 4.78 is 15.1. The van der Waals surface area contributed by atoms with Crippen LogP contribution in [0, 0.1) is 12.7 Å². The Balaban J connectivity index is 1.53. The van der Waals surface area contributed by atoms with Gasteiger partial charge >= 0.3 is 5.78 Å². The van der Waals surface area contributed by atoms with Crippen molar-refractivity contribution in [2.75, 3.05) is 19.6 Å². The molecule has 0 fully saturated rings. The maximum Gasteiger partial charge on any atom is 0.438 e. The third kappa shape index (κ3) is 3.88. The second-order valence-corrected chi connectivity index (χ2v) is 8.71. The van der Waals surface area contributed by atoms with Crippen LogP contribution in [0.2, 0.25) is 0 Å². The summed E-state index contributed by atoms with van der Waals surface area (Å²) in [5.74, 6) is 1.18. The van der Waals surface area contributed by atoms with Crippen molar-refractivity contribution in [3.05, 3.63) is 70.1 Å². The first-order chi connectivity index (χ1) is 16.0. The first kappa shape index (κ1) is 21.6. The van der Waals surface area contributed by atoms with Crippen molar-refractivity contribution in [1.29, 1.82) is 0 Å². The lowest BCUT2D eigenvalue weighted by atomic mass is 9.96. The molecule has 1 aliphatic carbocycles. The second kappa shape index (κ2) is 8.59. The molecule has 33 heavy (non-hydrogen) atoms. The number of fused-ring (bicyclic) bond motifs is 4. The van der Waals surface area contributed by atoms with Crippen LogP contribution in [0.15, 0.2) is 30.3 Å². The molecule has 0 spiro atoms. The zero-order valence-electron chi connectivity index (χ0n) is 19.6. The maximum atomic E-state index is 13.3. The fraction of sp³-hybridized carbons (Fsp3) is 0.400. The minimum absolute atomic E-state index is 0.104. The highest BCUT2D eigenvalue weighted by Crippen LogP contribution is 2.43. The van der Waals surface area contributed by atoms with Gasteiger partial charge in [0, 0.05) is 23.3 Å². The van der Waals surface area contributed by atoms with Crippen LogP contribution in [0.1, 0.15) is 60.6 Å². The Hall–Kier alpha value is -3.26. The zero-order valence-corrected chi connectivity index (χ0v) is 19.6. The fourth-order valence-electron chi connectivity index (χ4n) is 4.77. The van der Waals surface area contributed by atoms with Crippen molar-refractivity contribution in [1.82, 2.24) is 30.2 Å². The molecule has 0 amide bonds. The van der Waals surface area contributed by atoms with Crippen LogP contribution in [0.5, 0.6) is 0 Å². The van der Waals surface area contributed by atoms with Gasteiger partial charge in [-0.2, -0.15) is 5.10 Å². The van der Waals surface area contributed by atoms with Crippen molar-refractivity contribution in [2.45, 2.75) is 46.5 Å². The van der Waals surface area contributed by atoms with E-state index in [1.165, 1.54) is 23.3 Å². The molecule has 7 nitrogen and oxygen atoms in total. The smallest absolute Gasteiger partial charge is 0.304 e. The highest BCUT2D eigenvalue weighted by atomic mass is 19.1. The number of pyridine rings is 1. The van der Waals surface area contributed by atoms with E-state index in [0.29, 0.717) is 12.2 Å². The van der Waals surface area contributed by atoms with Crippen molar-refractivity contribution < 1.29 is 8.91 Å². The molecule has 4 aromatic rings. The highest BCUT2D eigenvalue weighted by molar-refractivity contribution is 5.72. The number of rotatable bonds is 7. The number of aryl methyl sites for hydroxylation is 1. The molecule has 5 rings (SSSR count). The van der Waals surface area contributed by atoms with E-state index >= 15 is 0 Å². The Labute approximate surface area is 192 Å². The number of hydrogen-bond donors (Lipinski definition) is 1. The predicted octanol–water partition coefficient (Wildman–Crippen LogP) is 3.39. The van der Waals surface area contributed by atoms with Crippen LogP contribution < -0.4 is 4.52 Å². The Morgan fingerprint density at radius 1 is 1.09 bits per heavy atom. The number of halogens is 1. The SMILES string of the molecule is CCN(CC)CCc1cc(C)nc2c1C(C)c1n[n+]3c(Cc4ccc(F)cc4)[nH]nc3nc1-2. The molecule has 1 aliphatic rings. The summed E-state index contributed by atoms with van der Waals surface area (Å²) in [5, 5.41) is 12.4. The number of likely N-dealkylation sites (N-methyl/N-ethyl adjacent to an activating group) is 1. The van der Waals surface area contributed by atoms with Gasteiger partial charge in [-0.3, -0.25) is 0 Å². The van der Waals surface area contributed by atoms with E-state index < -0.39 is 0 Å². The lowest BCUT2D eigenvalue weighted by Crippen LogP contribution is -2.32. The van der Waals surface area contributed by atoms with Crippen LogP contribution in [-0.4, -0.2) is 49.8 Å². The molecule has 1 atom stereocenters. The average molecular weight is 447 g/mol. The minimum atomic E-state index is -0.246.